The van der Waals surface area contributed by atoms with Gasteiger partial charge in [0.1, 0.15) is 17.8 Å². The number of ether oxygens (including phenoxy) is 2. The topological polar surface area (TPSA) is 74.4 Å². The van der Waals surface area contributed by atoms with E-state index in [4.69, 9.17) is 19.6 Å². The Kier molecular flexibility index (Phi) is 4.29. The quantitative estimate of drug-likeness (QED) is 0.342. The SMILES string of the molecule is COc1ccc([C@H]2c3c(ccc4ccccc34)Oc3ncn4nc(-c5cccnc5)nc4c32)cc1. The normalized spacial score (nSPS) is 14.4. The molecule has 0 spiro atoms. The first-order chi connectivity index (χ1) is 17.3. The molecule has 1 atom stereocenters. The molecular weight excluding hydrogens is 438 g/mol. The van der Waals surface area contributed by atoms with E-state index >= 15 is 0 Å². The standard InChI is InChI=1S/C28H19N5O2/c1-34-20-11-8-18(9-12-20)23-24-21-7-3-2-5-17(21)10-13-22(24)35-28-25(23)27-31-26(32-33(27)16-30-28)19-6-4-14-29-15-19/h2-16,23H,1H3/t23-/m0/s1. The maximum Gasteiger partial charge on any atom is 0.228 e. The maximum absolute atomic E-state index is 6.38. The van der Waals surface area contributed by atoms with Gasteiger partial charge in [0.15, 0.2) is 11.5 Å². The minimum atomic E-state index is -0.159. The summed E-state index contributed by atoms with van der Waals surface area (Å²) in [6.45, 7) is 0. The van der Waals surface area contributed by atoms with Crippen molar-refractivity contribution >= 4 is 16.4 Å². The summed E-state index contributed by atoms with van der Waals surface area (Å²) in [5.74, 6) is 2.56. The van der Waals surface area contributed by atoms with Crippen molar-refractivity contribution in [3.8, 4) is 28.8 Å². The second kappa shape index (κ2) is 7.63. The molecule has 6 aromatic rings. The fraction of sp³-hybridized carbons (Fsp3) is 0.0714. The van der Waals surface area contributed by atoms with E-state index in [-0.39, 0.29) is 5.92 Å². The van der Waals surface area contributed by atoms with Crippen molar-refractivity contribution in [2.75, 3.05) is 7.11 Å². The third-order valence-corrected chi connectivity index (χ3v) is 6.47. The number of nitrogens with zero attached hydrogens (tertiary/aromatic N) is 5. The molecule has 0 fully saturated rings. The first-order valence-corrected chi connectivity index (χ1v) is 11.3. The molecule has 1 aliphatic rings. The van der Waals surface area contributed by atoms with E-state index in [9.17, 15) is 0 Å². The van der Waals surface area contributed by atoms with Crippen molar-refractivity contribution in [2.24, 2.45) is 0 Å². The van der Waals surface area contributed by atoms with Gasteiger partial charge in [-0.3, -0.25) is 4.98 Å². The van der Waals surface area contributed by atoms with Gasteiger partial charge in [-0.15, -0.1) is 5.10 Å². The molecule has 3 aromatic heterocycles. The molecule has 0 aliphatic carbocycles. The van der Waals surface area contributed by atoms with Gasteiger partial charge in [-0.2, -0.15) is 0 Å². The molecule has 0 unspecified atom stereocenters. The van der Waals surface area contributed by atoms with Crippen LogP contribution in [-0.4, -0.2) is 31.7 Å². The molecule has 0 amide bonds. The fourth-order valence-electron chi connectivity index (χ4n) is 4.85. The molecule has 0 radical (unpaired) electrons. The van der Waals surface area contributed by atoms with Gasteiger partial charge >= 0.3 is 0 Å². The highest BCUT2D eigenvalue weighted by atomic mass is 16.5. The summed E-state index contributed by atoms with van der Waals surface area (Å²) in [5.41, 5.74) is 4.60. The van der Waals surface area contributed by atoms with Crippen LogP contribution in [0.1, 0.15) is 22.6 Å². The van der Waals surface area contributed by atoms with E-state index in [0.717, 1.165) is 44.5 Å². The monoisotopic (exact) mass is 457 g/mol. The summed E-state index contributed by atoms with van der Waals surface area (Å²) in [5, 5.41) is 6.97. The predicted octanol–water partition coefficient (Wildman–Crippen LogP) is 5.63. The van der Waals surface area contributed by atoms with Gasteiger partial charge in [-0.25, -0.2) is 14.5 Å². The molecule has 168 valence electrons. The highest BCUT2D eigenvalue weighted by molar-refractivity contribution is 5.91. The van der Waals surface area contributed by atoms with E-state index in [1.807, 2.05) is 36.4 Å². The zero-order chi connectivity index (χ0) is 23.4. The van der Waals surface area contributed by atoms with E-state index in [2.05, 4.69) is 46.4 Å². The molecule has 7 nitrogen and oxygen atoms in total. The van der Waals surface area contributed by atoms with E-state index in [1.165, 1.54) is 0 Å². The lowest BCUT2D eigenvalue weighted by atomic mass is 9.81. The third-order valence-electron chi connectivity index (χ3n) is 6.47. The molecule has 7 rings (SSSR count). The number of hydrogen-bond acceptors (Lipinski definition) is 6. The lowest BCUT2D eigenvalue weighted by Gasteiger charge is -2.29. The minimum absolute atomic E-state index is 0.159. The zero-order valence-electron chi connectivity index (χ0n) is 18.8. The van der Waals surface area contributed by atoms with Crippen LogP contribution in [0.3, 0.4) is 0 Å². The summed E-state index contributed by atoms with van der Waals surface area (Å²) in [6, 6.07) is 24.4. The van der Waals surface area contributed by atoms with E-state index < -0.39 is 0 Å². The number of hydrogen-bond donors (Lipinski definition) is 0. The van der Waals surface area contributed by atoms with Crippen LogP contribution in [0.25, 0.3) is 27.8 Å². The van der Waals surface area contributed by atoms with E-state index in [1.54, 1.807) is 30.3 Å². The summed E-state index contributed by atoms with van der Waals surface area (Å²) in [6.07, 6.45) is 5.14. The van der Waals surface area contributed by atoms with Crippen LogP contribution in [0.15, 0.2) is 91.5 Å². The molecule has 35 heavy (non-hydrogen) atoms. The van der Waals surface area contributed by atoms with Gasteiger partial charge in [-0.05, 0) is 46.7 Å². The van der Waals surface area contributed by atoms with Crippen molar-refractivity contribution < 1.29 is 9.47 Å². The smallest absolute Gasteiger partial charge is 0.228 e. The van der Waals surface area contributed by atoms with Crippen molar-refractivity contribution in [3.05, 3.63) is 108 Å². The first-order valence-electron chi connectivity index (χ1n) is 11.3. The molecule has 3 aromatic carbocycles. The van der Waals surface area contributed by atoms with E-state index in [0.29, 0.717) is 17.4 Å². The van der Waals surface area contributed by atoms with Crippen molar-refractivity contribution in [1.29, 1.82) is 0 Å². The Morgan fingerprint density at radius 1 is 0.914 bits per heavy atom. The van der Waals surface area contributed by atoms with Crippen LogP contribution in [0.5, 0.6) is 17.4 Å². The summed E-state index contributed by atoms with van der Waals surface area (Å²) >= 11 is 0. The fourth-order valence-corrected chi connectivity index (χ4v) is 4.85. The Labute approximate surface area is 200 Å². The zero-order valence-corrected chi connectivity index (χ0v) is 18.8. The second-order valence-corrected chi connectivity index (χ2v) is 8.42. The van der Waals surface area contributed by atoms with Gasteiger partial charge in [-0.1, -0.05) is 42.5 Å². The number of aromatic nitrogens is 5. The largest absolute Gasteiger partial charge is 0.497 e. The third kappa shape index (κ3) is 3.05. The first kappa shape index (κ1) is 19.7. The van der Waals surface area contributed by atoms with Crippen molar-refractivity contribution in [2.45, 2.75) is 5.92 Å². The Hall–Kier alpha value is -4.78. The highest BCUT2D eigenvalue weighted by Crippen LogP contribution is 2.50. The number of pyridine rings is 1. The Bertz CT molecular complexity index is 1710. The van der Waals surface area contributed by atoms with Crippen LogP contribution in [0, 0.1) is 0 Å². The maximum atomic E-state index is 6.38. The van der Waals surface area contributed by atoms with Crippen LogP contribution >= 0.6 is 0 Å². The van der Waals surface area contributed by atoms with Crippen molar-refractivity contribution in [1.82, 2.24) is 24.6 Å². The molecule has 0 N–H and O–H groups in total. The average Bonchev–Trinajstić information content (AvgIpc) is 3.37. The Morgan fingerprint density at radius 2 is 1.80 bits per heavy atom. The van der Waals surface area contributed by atoms with Crippen LogP contribution in [0.2, 0.25) is 0 Å². The number of rotatable bonds is 3. The van der Waals surface area contributed by atoms with Crippen LogP contribution in [0.4, 0.5) is 0 Å². The molecule has 0 saturated carbocycles. The number of benzene rings is 3. The number of fused-ring (bicyclic) bond motifs is 6. The molecule has 7 heteroatoms. The average molecular weight is 457 g/mol. The van der Waals surface area contributed by atoms with Crippen molar-refractivity contribution in [3.63, 3.8) is 0 Å². The molecule has 0 bridgehead atoms. The lowest BCUT2D eigenvalue weighted by molar-refractivity contribution is 0.414. The van der Waals surface area contributed by atoms with Crippen LogP contribution in [-0.2, 0) is 0 Å². The summed E-state index contributed by atoms with van der Waals surface area (Å²) in [7, 11) is 1.67. The lowest BCUT2D eigenvalue weighted by Crippen LogP contribution is -2.15. The van der Waals surface area contributed by atoms with Gasteiger partial charge in [0, 0.05) is 29.4 Å². The predicted molar refractivity (Wildman–Crippen MR) is 132 cm³/mol. The van der Waals surface area contributed by atoms with Gasteiger partial charge in [0.25, 0.3) is 0 Å². The highest BCUT2D eigenvalue weighted by Gasteiger charge is 2.34. The van der Waals surface area contributed by atoms with Crippen LogP contribution < -0.4 is 9.47 Å². The van der Waals surface area contributed by atoms with Gasteiger partial charge in [0.05, 0.1) is 12.7 Å². The summed E-state index contributed by atoms with van der Waals surface area (Å²) < 4.78 is 13.5. The molecule has 0 saturated heterocycles. The molecule has 4 heterocycles. The Balaban J connectivity index is 1.53. The van der Waals surface area contributed by atoms with Gasteiger partial charge < -0.3 is 9.47 Å². The molecular formula is C28H19N5O2. The Morgan fingerprint density at radius 3 is 2.63 bits per heavy atom. The summed E-state index contributed by atoms with van der Waals surface area (Å²) in [4.78, 5) is 13.8. The second-order valence-electron chi connectivity index (χ2n) is 8.42. The number of methoxy groups -OCH3 is 1. The van der Waals surface area contributed by atoms with Gasteiger partial charge in [0.2, 0.25) is 5.88 Å². The minimum Gasteiger partial charge on any atom is -0.497 e. The molecule has 1 aliphatic heterocycles.